The van der Waals surface area contributed by atoms with Crippen LogP contribution >= 0.6 is 11.3 Å². The second-order valence-electron chi connectivity index (χ2n) is 4.08. The van der Waals surface area contributed by atoms with E-state index in [0.717, 1.165) is 16.9 Å². The maximum atomic E-state index is 12.2. The molecule has 1 aromatic carbocycles. The molecular weight excluding hydrogens is 280 g/mol. The van der Waals surface area contributed by atoms with E-state index in [1.54, 1.807) is 18.2 Å². The lowest BCUT2D eigenvalue weighted by molar-refractivity contribution is 0.603. The van der Waals surface area contributed by atoms with E-state index in [1.165, 1.54) is 11.3 Å². The molecule has 19 heavy (non-hydrogen) atoms. The van der Waals surface area contributed by atoms with Gasteiger partial charge >= 0.3 is 0 Å². The Hall–Kier alpha value is -1.37. The molecule has 1 heterocycles. The molecule has 0 radical (unpaired) electrons. The van der Waals surface area contributed by atoms with E-state index in [2.05, 4.69) is 4.72 Å². The van der Waals surface area contributed by atoms with Crippen LogP contribution in [0.4, 0.5) is 5.69 Å². The summed E-state index contributed by atoms with van der Waals surface area (Å²) in [6.45, 7) is 2.44. The maximum Gasteiger partial charge on any atom is 0.271 e. The zero-order chi connectivity index (χ0) is 13.9. The van der Waals surface area contributed by atoms with E-state index in [-0.39, 0.29) is 0 Å². The van der Waals surface area contributed by atoms with Crippen LogP contribution in [0.25, 0.3) is 0 Å². The topological polar surface area (TPSA) is 72.2 Å². The standard InChI is InChI=1S/C13H16N2O2S2/c1-2-12-7-8-13(18-12)19(16,17)15-11-5-3-10(9-14)4-6-11/h3-8,15H,2,9,14H2,1H3. The number of sulfonamides is 1. The first-order chi connectivity index (χ1) is 9.05. The van der Waals surface area contributed by atoms with Crippen molar-refractivity contribution in [3.63, 3.8) is 0 Å². The van der Waals surface area contributed by atoms with Crippen molar-refractivity contribution in [2.24, 2.45) is 5.73 Å². The summed E-state index contributed by atoms with van der Waals surface area (Å²) in [5, 5.41) is 0. The van der Waals surface area contributed by atoms with Gasteiger partial charge in [-0.2, -0.15) is 0 Å². The summed E-state index contributed by atoms with van der Waals surface area (Å²) < 4.78 is 27.2. The molecule has 0 bridgehead atoms. The van der Waals surface area contributed by atoms with Crippen LogP contribution in [0, 0.1) is 0 Å². The molecule has 0 saturated carbocycles. The van der Waals surface area contributed by atoms with Crippen LogP contribution in [0.3, 0.4) is 0 Å². The number of nitrogens with two attached hydrogens (primary N) is 1. The lowest BCUT2D eigenvalue weighted by atomic mass is 10.2. The first-order valence-corrected chi connectivity index (χ1v) is 8.25. The molecule has 1 aromatic heterocycles. The van der Waals surface area contributed by atoms with Crippen LogP contribution in [0.15, 0.2) is 40.6 Å². The highest BCUT2D eigenvalue weighted by molar-refractivity contribution is 7.94. The summed E-state index contributed by atoms with van der Waals surface area (Å²) in [6.07, 6.45) is 0.839. The van der Waals surface area contributed by atoms with Gasteiger partial charge in [0.25, 0.3) is 10.0 Å². The smallest absolute Gasteiger partial charge is 0.271 e. The molecule has 0 spiro atoms. The van der Waals surface area contributed by atoms with E-state index >= 15 is 0 Å². The zero-order valence-corrected chi connectivity index (χ0v) is 12.2. The minimum Gasteiger partial charge on any atom is -0.326 e. The van der Waals surface area contributed by atoms with Gasteiger partial charge in [0.2, 0.25) is 0 Å². The van der Waals surface area contributed by atoms with Gasteiger partial charge in [0.1, 0.15) is 4.21 Å². The number of rotatable bonds is 5. The zero-order valence-electron chi connectivity index (χ0n) is 10.6. The molecule has 6 heteroatoms. The van der Waals surface area contributed by atoms with E-state index in [9.17, 15) is 8.42 Å². The first kappa shape index (κ1) is 14.0. The van der Waals surface area contributed by atoms with Gasteiger partial charge < -0.3 is 5.73 Å². The average molecular weight is 296 g/mol. The Bertz CT molecular complexity index is 646. The number of benzene rings is 1. The van der Waals surface area contributed by atoms with Crippen molar-refractivity contribution in [1.29, 1.82) is 0 Å². The molecule has 2 aromatic rings. The van der Waals surface area contributed by atoms with Gasteiger partial charge in [0, 0.05) is 17.1 Å². The van der Waals surface area contributed by atoms with Crippen molar-refractivity contribution < 1.29 is 8.42 Å². The lowest BCUT2D eigenvalue weighted by Gasteiger charge is -2.06. The fourth-order valence-corrected chi connectivity index (χ4v) is 3.96. The van der Waals surface area contributed by atoms with Crippen molar-refractivity contribution in [3.05, 3.63) is 46.8 Å². The molecule has 2 rings (SSSR count). The van der Waals surface area contributed by atoms with Gasteiger partial charge in [-0.3, -0.25) is 4.72 Å². The third-order valence-electron chi connectivity index (χ3n) is 2.69. The van der Waals surface area contributed by atoms with Gasteiger partial charge in [0.15, 0.2) is 0 Å². The maximum absolute atomic E-state index is 12.2. The van der Waals surface area contributed by atoms with Crippen LogP contribution in [0.5, 0.6) is 0 Å². The summed E-state index contributed by atoms with van der Waals surface area (Å²) in [5.41, 5.74) is 7.01. The molecule has 4 nitrogen and oxygen atoms in total. The Labute approximate surface area is 117 Å². The van der Waals surface area contributed by atoms with E-state index in [4.69, 9.17) is 5.73 Å². The van der Waals surface area contributed by atoms with Crippen molar-refractivity contribution >= 4 is 27.0 Å². The lowest BCUT2D eigenvalue weighted by Crippen LogP contribution is -2.11. The molecule has 0 aliphatic heterocycles. The molecule has 0 saturated heterocycles. The van der Waals surface area contributed by atoms with E-state index in [0.29, 0.717) is 16.4 Å². The summed E-state index contributed by atoms with van der Waals surface area (Å²) in [5.74, 6) is 0. The normalized spacial score (nSPS) is 11.5. The van der Waals surface area contributed by atoms with E-state index < -0.39 is 10.0 Å². The number of anilines is 1. The summed E-state index contributed by atoms with van der Waals surface area (Å²) in [6, 6.07) is 10.5. The number of hydrogen-bond acceptors (Lipinski definition) is 4. The highest BCUT2D eigenvalue weighted by atomic mass is 32.2. The quantitative estimate of drug-likeness (QED) is 0.890. The molecule has 0 atom stereocenters. The number of hydrogen-bond donors (Lipinski definition) is 2. The number of thiophene rings is 1. The highest BCUT2D eigenvalue weighted by Gasteiger charge is 2.16. The molecular formula is C13H16N2O2S2. The SMILES string of the molecule is CCc1ccc(S(=O)(=O)Nc2ccc(CN)cc2)s1. The van der Waals surface area contributed by atoms with Gasteiger partial charge in [-0.05, 0) is 36.2 Å². The Balaban J connectivity index is 2.20. The Kier molecular flexibility index (Phi) is 4.24. The number of nitrogens with one attached hydrogen (secondary N) is 1. The van der Waals surface area contributed by atoms with Crippen LogP contribution in [0.2, 0.25) is 0 Å². The van der Waals surface area contributed by atoms with Gasteiger partial charge in [-0.25, -0.2) is 8.42 Å². The van der Waals surface area contributed by atoms with Gasteiger partial charge in [-0.15, -0.1) is 11.3 Å². The third-order valence-corrected chi connectivity index (χ3v) is 5.79. The predicted molar refractivity (Wildman–Crippen MR) is 78.8 cm³/mol. The molecule has 0 fully saturated rings. The fraction of sp³-hybridized carbons (Fsp3) is 0.231. The second-order valence-corrected chi connectivity index (χ2v) is 7.16. The van der Waals surface area contributed by atoms with Crippen molar-refractivity contribution in [1.82, 2.24) is 0 Å². The van der Waals surface area contributed by atoms with Crippen molar-refractivity contribution in [2.75, 3.05) is 4.72 Å². The minimum atomic E-state index is -3.48. The molecule has 0 aliphatic rings. The summed E-state index contributed by atoms with van der Waals surface area (Å²) in [4.78, 5) is 1.05. The fourth-order valence-electron chi connectivity index (χ4n) is 1.61. The largest absolute Gasteiger partial charge is 0.326 e. The van der Waals surface area contributed by atoms with Crippen LogP contribution in [-0.4, -0.2) is 8.42 Å². The van der Waals surface area contributed by atoms with Gasteiger partial charge in [0.05, 0.1) is 0 Å². The average Bonchev–Trinajstić information content (AvgIpc) is 2.89. The predicted octanol–water partition coefficient (Wildman–Crippen LogP) is 2.57. The molecule has 0 aliphatic carbocycles. The highest BCUT2D eigenvalue weighted by Crippen LogP contribution is 2.24. The van der Waals surface area contributed by atoms with Crippen LogP contribution < -0.4 is 10.5 Å². The second kappa shape index (κ2) is 5.73. The van der Waals surface area contributed by atoms with Crippen LogP contribution in [-0.2, 0) is 23.0 Å². The molecule has 0 amide bonds. The van der Waals surface area contributed by atoms with E-state index in [1.807, 2.05) is 25.1 Å². The monoisotopic (exact) mass is 296 g/mol. The van der Waals surface area contributed by atoms with Crippen LogP contribution in [0.1, 0.15) is 17.4 Å². The summed E-state index contributed by atoms with van der Waals surface area (Å²) >= 11 is 1.30. The van der Waals surface area contributed by atoms with Crippen molar-refractivity contribution in [3.8, 4) is 0 Å². The summed E-state index contributed by atoms with van der Waals surface area (Å²) in [7, 11) is -3.48. The minimum absolute atomic E-state index is 0.340. The number of aryl methyl sites for hydroxylation is 1. The van der Waals surface area contributed by atoms with Crippen molar-refractivity contribution in [2.45, 2.75) is 24.1 Å². The molecule has 102 valence electrons. The molecule has 0 unspecified atom stereocenters. The third kappa shape index (κ3) is 3.34. The first-order valence-electron chi connectivity index (χ1n) is 5.95. The Morgan fingerprint density at radius 1 is 1.16 bits per heavy atom. The van der Waals surface area contributed by atoms with Gasteiger partial charge in [-0.1, -0.05) is 19.1 Å². The molecule has 3 N–H and O–H groups in total. The Morgan fingerprint density at radius 3 is 2.37 bits per heavy atom. The Morgan fingerprint density at radius 2 is 1.84 bits per heavy atom.